The fourth-order valence-corrected chi connectivity index (χ4v) is 3.89. The van der Waals surface area contributed by atoms with Gasteiger partial charge in [-0.1, -0.05) is 29.8 Å². The highest BCUT2D eigenvalue weighted by Crippen LogP contribution is 2.30. The van der Waals surface area contributed by atoms with Gasteiger partial charge < -0.3 is 19.0 Å². The predicted molar refractivity (Wildman–Crippen MR) is 110 cm³/mol. The number of halogens is 1. The Hall–Kier alpha value is -2.35. The number of hydrogen-bond acceptors (Lipinski definition) is 5. The molecule has 2 aromatic heterocycles. The van der Waals surface area contributed by atoms with Crippen LogP contribution in [0, 0.1) is 5.92 Å². The lowest BCUT2D eigenvalue weighted by Crippen LogP contribution is -2.40. The van der Waals surface area contributed by atoms with Crippen LogP contribution in [0.5, 0.6) is 0 Å². The molecule has 3 aromatic rings. The highest BCUT2D eigenvalue weighted by atomic mass is 79.9. The van der Waals surface area contributed by atoms with Crippen molar-refractivity contribution in [1.29, 1.82) is 0 Å². The van der Waals surface area contributed by atoms with Crippen LogP contribution in [0.2, 0.25) is 0 Å². The van der Waals surface area contributed by atoms with Gasteiger partial charge >= 0.3 is 6.09 Å². The van der Waals surface area contributed by atoms with Crippen molar-refractivity contribution in [3.63, 3.8) is 0 Å². The molecular weight excluding hydrogens is 426 g/mol. The Balaban J connectivity index is 1.65. The van der Waals surface area contributed by atoms with E-state index in [0.717, 1.165) is 22.7 Å². The van der Waals surface area contributed by atoms with Crippen LogP contribution in [0.25, 0.3) is 22.1 Å². The molecule has 1 aliphatic heterocycles. The van der Waals surface area contributed by atoms with Gasteiger partial charge in [0.1, 0.15) is 16.9 Å². The molecule has 4 rings (SSSR count). The Kier molecular flexibility index (Phi) is 5.14. The number of ether oxygens (including phenoxy) is 1. The second kappa shape index (κ2) is 7.58. The second-order valence-electron chi connectivity index (χ2n) is 7.63. The molecule has 3 heterocycles. The van der Waals surface area contributed by atoms with E-state index in [1.807, 2.05) is 32.0 Å². The van der Waals surface area contributed by atoms with Gasteiger partial charge in [0.25, 0.3) is 5.56 Å². The normalized spacial score (nSPS) is 17.6. The average Bonchev–Trinajstić information content (AvgIpc) is 3.04. The summed E-state index contributed by atoms with van der Waals surface area (Å²) in [4.78, 5) is 34.2. The molecule has 28 heavy (non-hydrogen) atoms. The Morgan fingerprint density at radius 1 is 1.46 bits per heavy atom. The van der Waals surface area contributed by atoms with Gasteiger partial charge in [0.05, 0.1) is 6.61 Å². The van der Waals surface area contributed by atoms with Crippen LogP contribution in [0.15, 0.2) is 31.9 Å². The topological polar surface area (TPSA) is 88.4 Å². The van der Waals surface area contributed by atoms with E-state index in [-0.39, 0.29) is 23.2 Å². The summed E-state index contributed by atoms with van der Waals surface area (Å²) in [5.41, 5.74) is 1.10. The summed E-state index contributed by atoms with van der Waals surface area (Å²) < 4.78 is 11.9. The highest BCUT2D eigenvalue weighted by molar-refractivity contribution is 9.10. The van der Waals surface area contributed by atoms with Crippen molar-refractivity contribution in [3.05, 3.63) is 38.9 Å². The number of aromatic amines is 1. The quantitative estimate of drug-likeness (QED) is 0.642. The lowest BCUT2D eigenvalue weighted by Gasteiger charge is -2.31. The molecule has 1 saturated heterocycles. The molecular formula is C20H22BrN3O4. The SMILES string of the molecule is CC(C)COC(=O)N1CCCC(c2nc3c(oc4ccc(Br)cc43)c(=O)[nH]2)C1. The first-order valence-corrected chi connectivity index (χ1v) is 10.3. The van der Waals surface area contributed by atoms with Crippen molar-refractivity contribution in [1.82, 2.24) is 14.9 Å². The zero-order chi connectivity index (χ0) is 19.8. The number of benzene rings is 1. The number of hydrogen-bond donors (Lipinski definition) is 1. The number of likely N-dealkylation sites (tertiary alicyclic amines) is 1. The average molecular weight is 448 g/mol. The number of rotatable bonds is 3. The van der Waals surface area contributed by atoms with E-state index in [0.29, 0.717) is 42.5 Å². The Bertz CT molecular complexity index is 1090. The van der Waals surface area contributed by atoms with E-state index in [4.69, 9.17) is 14.1 Å². The summed E-state index contributed by atoms with van der Waals surface area (Å²) in [5, 5.41) is 0.792. The lowest BCUT2D eigenvalue weighted by atomic mass is 9.97. The van der Waals surface area contributed by atoms with Gasteiger partial charge in [-0.25, -0.2) is 9.78 Å². The van der Waals surface area contributed by atoms with Crippen LogP contribution in [0.1, 0.15) is 38.4 Å². The first-order valence-electron chi connectivity index (χ1n) is 9.46. The monoisotopic (exact) mass is 447 g/mol. The number of aromatic nitrogens is 2. The van der Waals surface area contributed by atoms with E-state index in [9.17, 15) is 9.59 Å². The first kappa shape index (κ1) is 19.0. The van der Waals surface area contributed by atoms with E-state index in [1.54, 1.807) is 4.90 Å². The van der Waals surface area contributed by atoms with Crippen LogP contribution in [0.3, 0.4) is 0 Å². The van der Waals surface area contributed by atoms with Crippen molar-refractivity contribution in [2.45, 2.75) is 32.6 Å². The number of carbonyl (C=O) groups is 1. The van der Waals surface area contributed by atoms with Gasteiger partial charge in [-0.15, -0.1) is 0 Å². The molecule has 7 nitrogen and oxygen atoms in total. The zero-order valence-corrected chi connectivity index (χ0v) is 17.4. The maximum atomic E-state index is 12.6. The summed E-state index contributed by atoms with van der Waals surface area (Å²) >= 11 is 3.45. The number of fused-ring (bicyclic) bond motifs is 3. The summed E-state index contributed by atoms with van der Waals surface area (Å²) in [6.45, 7) is 5.54. The molecule has 1 unspecified atom stereocenters. The summed E-state index contributed by atoms with van der Waals surface area (Å²) in [6, 6.07) is 5.57. The standard InChI is InChI=1S/C20H22BrN3O4/c1-11(2)10-27-20(26)24-7-3-4-12(9-24)18-22-16-14-8-13(21)5-6-15(14)28-17(16)19(25)23-18/h5-6,8,11-12H,3-4,7,9-10H2,1-2H3,(H,22,23,25). The number of carbonyl (C=O) groups excluding carboxylic acids is 1. The minimum atomic E-state index is -0.306. The Labute approximate surface area is 170 Å². The summed E-state index contributed by atoms with van der Waals surface area (Å²) in [5.74, 6) is 0.828. The minimum Gasteiger partial charge on any atom is -0.449 e. The fraction of sp³-hybridized carbons (Fsp3) is 0.450. The lowest BCUT2D eigenvalue weighted by molar-refractivity contribution is 0.0818. The molecule has 148 valence electrons. The van der Waals surface area contributed by atoms with Gasteiger partial charge in [0.15, 0.2) is 0 Å². The molecule has 0 aliphatic carbocycles. The molecule has 1 fully saturated rings. The van der Waals surface area contributed by atoms with Gasteiger partial charge in [-0.2, -0.15) is 0 Å². The summed E-state index contributed by atoms with van der Waals surface area (Å²) in [7, 11) is 0. The van der Waals surface area contributed by atoms with Crippen LogP contribution < -0.4 is 5.56 Å². The third-order valence-electron chi connectivity index (χ3n) is 4.91. The first-order chi connectivity index (χ1) is 13.4. The molecule has 1 atom stereocenters. The number of piperidine rings is 1. The minimum absolute atomic E-state index is 0.0467. The molecule has 1 aliphatic rings. The van der Waals surface area contributed by atoms with Gasteiger partial charge in [0.2, 0.25) is 5.58 Å². The largest absolute Gasteiger partial charge is 0.449 e. The van der Waals surface area contributed by atoms with E-state index in [1.165, 1.54) is 0 Å². The zero-order valence-electron chi connectivity index (χ0n) is 15.8. The molecule has 0 radical (unpaired) electrons. The van der Waals surface area contributed by atoms with Crippen LogP contribution in [-0.4, -0.2) is 40.7 Å². The third kappa shape index (κ3) is 3.65. The van der Waals surface area contributed by atoms with Crippen LogP contribution in [-0.2, 0) is 4.74 Å². The fourth-order valence-electron chi connectivity index (χ4n) is 3.53. The van der Waals surface area contributed by atoms with Crippen molar-refractivity contribution >= 4 is 44.1 Å². The maximum Gasteiger partial charge on any atom is 0.409 e. The van der Waals surface area contributed by atoms with Gasteiger partial charge in [-0.05, 0) is 37.0 Å². The molecule has 0 bridgehead atoms. The van der Waals surface area contributed by atoms with Crippen molar-refractivity contribution < 1.29 is 13.9 Å². The number of nitrogens with one attached hydrogen (secondary N) is 1. The number of furan rings is 1. The van der Waals surface area contributed by atoms with E-state index >= 15 is 0 Å². The molecule has 1 aromatic carbocycles. The molecule has 1 amide bonds. The number of H-pyrrole nitrogens is 1. The Morgan fingerprint density at radius 3 is 3.07 bits per heavy atom. The maximum absolute atomic E-state index is 12.6. The highest BCUT2D eigenvalue weighted by Gasteiger charge is 2.28. The van der Waals surface area contributed by atoms with Gasteiger partial charge in [-0.3, -0.25) is 4.79 Å². The predicted octanol–water partition coefficient (Wildman–Crippen LogP) is 4.40. The third-order valence-corrected chi connectivity index (χ3v) is 5.40. The number of nitrogens with zero attached hydrogens (tertiary/aromatic N) is 2. The van der Waals surface area contributed by atoms with Crippen molar-refractivity contribution in [3.8, 4) is 0 Å². The molecule has 1 N–H and O–H groups in total. The van der Waals surface area contributed by atoms with Crippen molar-refractivity contribution in [2.24, 2.45) is 5.92 Å². The molecule has 0 saturated carbocycles. The van der Waals surface area contributed by atoms with E-state index < -0.39 is 0 Å². The smallest absolute Gasteiger partial charge is 0.409 e. The molecule has 8 heteroatoms. The van der Waals surface area contributed by atoms with Crippen LogP contribution in [0.4, 0.5) is 4.79 Å². The van der Waals surface area contributed by atoms with Crippen LogP contribution >= 0.6 is 15.9 Å². The van der Waals surface area contributed by atoms with E-state index in [2.05, 4.69) is 20.9 Å². The van der Waals surface area contributed by atoms with Crippen molar-refractivity contribution in [2.75, 3.05) is 19.7 Å². The number of amides is 1. The van der Waals surface area contributed by atoms with Gasteiger partial charge in [0, 0.05) is 28.9 Å². The Morgan fingerprint density at radius 2 is 2.29 bits per heavy atom. The second-order valence-corrected chi connectivity index (χ2v) is 8.54. The summed E-state index contributed by atoms with van der Waals surface area (Å²) in [6.07, 6.45) is 1.38. The molecule has 0 spiro atoms.